The maximum absolute atomic E-state index is 14.2. The van der Waals surface area contributed by atoms with E-state index >= 15 is 0 Å². The molecule has 286 valence electrons. The fraction of sp³-hybridized carbons (Fsp3) is 0.475. The van der Waals surface area contributed by atoms with Crippen molar-refractivity contribution < 1.29 is 27.1 Å². The Morgan fingerprint density at radius 2 is 1.85 bits per heavy atom. The highest BCUT2D eigenvalue weighted by Crippen LogP contribution is 2.38. The van der Waals surface area contributed by atoms with Crippen LogP contribution in [0.15, 0.2) is 60.0 Å². The number of ether oxygens (including phenoxy) is 1. The van der Waals surface area contributed by atoms with E-state index in [1.165, 1.54) is 29.6 Å². The number of benzene rings is 2. The molecule has 3 fully saturated rings. The Bertz CT molecular complexity index is 2180. The zero-order valence-corrected chi connectivity index (χ0v) is 32.2. The van der Waals surface area contributed by atoms with Crippen molar-refractivity contribution in [2.24, 2.45) is 5.92 Å². The van der Waals surface area contributed by atoms with Crippen LogP contribution in [-0.4, -0.2) is 116 Å². The minimum Gasteiger partial charge on any atom is -0.451 e. The Kier molecular flexibility index (Phi) is 10.7. The lowest BCUT2D eigenvalue weighted by Gasteiger charge is -2.31. The summed E-state index contributed by atoms with van der Waals surface area (Å²) in [5, 5.41) is 10.8. The first-order chi connectivity index (χ1) is 25.9. The Labute approximate surface area is 316 Å². The van der Waals surface area contributed by atoms with E-state index in [9.17, 15) is 27.7 Å². The van der Waals surface area contributed by atoms with Crippen LogP contribution < -0.4 is 9.46 Å². The molecule has 12 nitrogen and oxygen atoms in total. The molecule has 2 unspecified atom stereocenters. The molecule has 1 N–H and O–H groups in total. The van der Waals surface area contributed by atoms with Gasteiger partial charge in [-0.1, -0.05) is 12.1 Å². The third kappa shape index (κ3) is 7.30. The lowest BCUT2D eigenvalue weighted by Crippen LogP contribution is -2.43. The van der Waals surface area contributed by atoms with Gasteiger partial charge in [0.25, 0.3) is 5.91 Å². The van der Waals surface area contributed by atoms with Crippen LogP contribution in [0.1, 0.15) is 52.9 Å². The first-order valence-corrected chi connectivity index (χ1v) is 20.2. The van der Waals surface area contributed by atoms with Crippen molar-refractivity contribution in [1.82, 2.24) is 28.9 Å². The number of nitriles is 1. The zero-order chi connectivity index (χ0) is 38.3. The molecule has 0 saturated carbocycles. The Hall–Kier alpha value is -4.55. The molecule has 54 heavy (non-hydrogen) atoms. The topological polar surface area (TPSA) is 131 Å². The number of Topliss-reactive ketones (excluding diaryl/α,β-unsaturated/α-hetero) is 1. The summed E-state index contributed by atoms with van der Waals surface area (Å²) in [4.78, 5) is 34.5. The van der Waals surface area contributed by atoms with Crippen LogP contribution in [0.2, 0.25) is 0 Å². The van der Waals surface area contributed by atoms with Gasteiger partial charge >= 0.3 is 0 Å². The second-order valence-corrected chi connectivity index (χ2v) is 17.2. The number of hydrogen-bond acceptors (Lipinski definition) is 9. The number of halogens is 1. The normalized spacial score (nSPS) is 21.3. The number of ketones is 1. The minimum absolute atomic E-state index is 0.0585. The standard InChI is InChI=1S/C40H48FN7O5S/c1-26-27(8-10-34-32(26)21-30(22-42)48(34)19-18-45-15-13-31(14-16-45)54(51,52)43-2)23-46-17-12-28-24-47(25-36(28)46)35-6-5-7-37(49)39(35)53-38-11-9-29(41)20-33(38)40(50)44(3)4/h5-6,8-11,20-21,28,31,36,43H,7,12-19,23-25H2,1-4H3. The zero-order valence-electron chi connectivity index (χ0n) is 31.3. The van der Waals surface area contributed by atoms with Crippen molar-refractivity contribution in [3.05, 3.63) is 88.2 Å². The molecule has 14 heteroatoms. The first-order valence-electron chi connectivity index (χ1n) is 18.7. The van der Waals surface area contributed by atoms with Gasteiger partial charge in [0.2, 0.25) is 15.8 Å². The van der Waals surface area contributed by atoms with E-state index in [-0.39, 0.29) is 40.6 Å². The van der Waals surface area contributed by atoms with Crippen molar-refractivity contribution in [3.8, 4) is 11.8 Å². The van der Waals surface area contributed by atoms with Crippen LogP contribution in [0, 0.1) is 30.0 Å². The van der Waals surface area contributed by atoms with Gasteiger partial charge in [0.05, 0.1) is 16.5 Å². The average molecular weight is 758 g/mol. The molecule has 1 aliphatic carbocycles. The summed E-state index contributed by atoms with van der Waals surface area (Å²) in [6.45, 7) is 8.12. The number of piperidine rings is 1. The van der Waals surface area contributed by atoms with E-state index in [4.69, 9.17) is 4.74 Å². The smallest absolute Gasteiger partial charge is 0.257 e. The van der Waals surface area contributed by atoms with Crippen molar-refractivity contribution >= 4 is 32.6 Å². The van der Waals surface area contributed by atoms with Gasteiger partial charge in [-0.05, 0) is 106 Å². The molecular formula is C40H48FN7O5S. The third-order valence-electron chi connectivity index (χ3n) is 11.7. The predicted octanol–water partition coefficient (Wildman–Crippen LogP) is 4.00. The fourth-order valence-corrected chi connectivity index (χ4v) is 9.76. The molecule has 1 amide bonds. The number of nitrogens with zero attached hydrogens (tertiary/aromatic N) is 6. The van der Waals surface area contributed by atoms with Crippen molar-refractivity contribution in [2.45, 2.75) is 57.0 Å². The third-order valence-corrected chi connectivity index (χ3v) is 13.6. The molecule has 0 radical (unpaired) electrons. The number of fused-ring (bicyclic) bond motifs is 2. The number of nitrogens with one attached hydrogen (secondary N) is 1. The van der Waals surface area contributed by atoms with Crippen LogP contribution in [0.25, 0.3) is 10.9 Å². The van der Waals surface area contributed by atoms with Gasteiger partial charge in [-0.25, -0.2) is 17.5 Å². The fourth-order valence-electron chi connectivity index (χ4n) is 8.59. The van der Waals surface area contributed by atoms with Gasteiger partial charge in [-0.3, -0.25) is 14.5 Å². The summed E-state index contributed by atoms with van der Waals surface area (Å²) in [6, 6.07) is 12.7. The molecule has 4 heterocycles. The lowest BCUT2D eigenvalue weighted by atomic mass is 10.0. The van der Waals surface area contributed by atoms with Crippen molar-refractivity contribution in [2.75, 3.05) is 60.4 Å². The number of carbonyl (C=O) groups excluding carboxylic acids is 2. The van der Waals surface area contributed by atoms with Crippen LogP contribution >= 0.6 is 0 Å². The van der Waals surface area contributed by atoms with Crippen LogP contribution in [0.4, 0.5) is 4.39 Å². The molecule has 3 aromatic rings. The summed E-state index contributed by atoms with van der Waals surface area (Å²) in [5.74, 6) is -0.438. The SMILES string of the molecule is CNS(=O)(=O)C1CCN(CCn2c(C#N)cc3c(C)c(CN4CCC5CN(C6=C(Oc7ccc(F)cc7C(=O)N(C)C)C(=O)CC=C6)CC54)ccc32)CC1. The van der Waals surface area contributed by atoms with E-state index in [1.807, 2.05) is 18.2 Å². The summed E-state index contributed by atoms with van der Waals surface area (Å²) >= 11 is 0. The number of likely N-dealkylation sites (tertiary alicyclic amines) is 3. The molecule has 4 aliphatic rings. The summed E-state index contributed by atoms with van der Waals surface area (Å²) in [5.41, 5.74) is 4.75. The number of allylic oxidation sites excluding steroid dienone is 3. The lowest BCUT2D eigenvalue weighted by molar-refractivity contribution is -0.117. The van der Waals surface area contributed by atoms with Crippen molar-refractivity contribution in [3.63, 3.8) is 0 Å². The van der Waals surface area contributed by atoms with E-state index in [1.54, 1.807) is 14.1 Å². The number of rotatable bonds is 11. The van der Waals surface area contributed by atoms with E-state index in [0.29, 0.717) is 56.3 Å². The Balaban J connectivity index is 1.05. The second-order valence-electron chi connectivity index (χ2n) is 15.0. The van der Waals surface area contributed by atoms with Gasteiger partial charge in [0.1, 0.15) is 23.3 Å². The molecule has 3 saturated heterocycles. The highest BCUT2D eigenvalue weighted by molar-refractivity contribution is 7.90. The highest BCUT2D eigenvalue weighted by atomic mass is 32.2. The molecule has 7 rings (SSSR count). The van der Waals surface area contributed by atoms with Gasteiger partial charge in [0, 0.05) is 70.2 Å². The highest BCUT2D eigenvalue weighted by Gasteiger charge is 2.43. The summed E-state index contributed by atoms with van der Waals surface area (Å²) < 4.78 is 49.4. The molecule has 3 aliphatic heterocycles. The summed E-state index contributed by atoms with van der Waals surface area (Å²) in [6.07, 6.45) is 6.16. The van der Waals surface area contributed by atoms with Crippen LogP contribution in [0.3, 0.4) is 0 Å². The molecule has 0 bridgehead atoms. The van der Waals surface area contributed by atoms with Gasteiger partial charge in [-0.2, -0.15) is 5.26 Å². The number of hydrogen-bond donors (Lipinski definition) is 1. The maximum Gasteiger partial charge on any atom is 0.257 e. The Morgan fingerprint density at radius 3 is 2.57 bits per heavy atom. The second kappa shape index (κ2) is 15.3. The number of aryl methyl sites for hydroxylation is 1. The molecule has 0 spiro atoms. The van der Waals surface area contributed by atoms with E-state index in [2.05, 4.69) is 49.1 Å². The van der Waals surface area contributed by atoms with E-state index in [0.717, 1.165) is 55.1 Å². The summed E-state index contributed by atoms with van der Waals surface area (Å²) in [7, 11) is 1.37. The largest absolute Gasteiger partial charge is 0.451 e. The number of carbonyl (C=O) groups is 2. The Morgan fingerprint density at radius 1 is 1.07 bits per heavy atom. The number of sulfonamides is 1. The number of amides is 1. The monoisotopic (exact) mass is 757 g/mol. The minimum atomic E-state index is -3.27. The molecule has 1 aromatic heterocycles. The molecule has 2 atom stereocenters. The predicted molar refractivity (Wildman–Crippen MR) is 204 cm³/mol. The maximum atomic E-state index is 14.2. The van der Waals surface area contributed by atoms with Crippen LogP contribution in [0.5, 0.6) is 5.75 Å². The number of aromatic nitrogens is 1. The van der Waals surface area contributed by atoms with Gasteiger partial charge in [-0.15, -0.1) is 0 Å². The van der Waals surface area contributed by atoms with Gasteiger partial charge in [0.15, 0.2) is 5.76 Å². The van der Waals surface area contributed by atoms with Gasteiger partial charge < -0.3 is 24.0 Å². The average Bonchev–Trinajstić information content (AvgIpc) is 3.86. The molecule has 2 aromatic carbocycles. The van der Waals surface area contributed by atoms with Crippen molar-refractivity contribution in [1.29, 1.82) is 5.26 Å². The molecular weight excluding hydrogens is 710 g/mol. The van der Waals surface area contributed by atoms with E-state index < -0.39 is 21.7 Å². The van der Waals surface area contributed by atoms with Crippen LogP contribution in [-0.2, 0) is 27.9 Å². The first kappa shape index (κ1) is 37.8. The quantitative estimate of drug-likeness (QED) is 0.309.